The van der Waals surface area contributed by atoms with E-state index in [0.29, 0.717) is 19.0 Å². The second-order valence-corrected chi connectivity index (χ2v) is 11.5. The van der Waals surface area contributed by atoms with Gasteiger partial charge in [-0.1, -0.05) is 12.8 Å². The van der Waals surface area contributed by atoms with Crippen molar-refractivity contribution < 1.29 is 9.90 Å². The Morgan fingerprint density at radius 3 is 2.41 bits per heavy atom. The Bertz CT molecular complexity index is 832. The lowest BCUT2D eigenvalue weighted by Crippen LogP contribution is -2.56. The summed E-state index contributed by atoms with van der Waals surface area (Å²) in [5.41, 5.74) is -0.776. The molecular weight excluding hydrogens is 561 g/mol. The molecule has 0 bridgehead atoms. The highest BCUT2D eigenvalue weighted by molar-refractivity contribution is 5.86. The number of β-amino-alcohol motifs (C(OH)–C–C–N with tert-alkyl or cyclic N) is 1. The number of nitrogens with one attached hydrogen (secondary N) is 3. The van der Waals surface area contributed by atoms with Crippen molar-refractivity contribution in [3.63, 3.8) is 0 Å². The van der Waals surface area contributed by atoms with Gasteiger partial charge in [0, 0.05) is 50.4 Å². The third-order valence-electron chi connectivity index (χ3n) is 7.82. The molecule has 0 spiro atoms. The first-order valence-corrected chi connectivity index (χ1v) is 14.2. The molecule has 1 aromatic rings. The molecule has 0 aliphatic carbocycles. The van der Waals surface area contributed by atoms with Gasteiger partial charge >= 0.3 is 0 Å². The highest BCUT2D eigenvalue weighted by Gasteiger charge is 2.34. The van der Waals surface area contributed by atoms with Crippen LogP contribution in [0.2, 0.25) is 0 Å². The molecule has 3 saturated heterocycles. The van der Waals surface area contributed by atoms with E-state index in [4.69, 9.17) is 4.98 Å². The smallest absolute Gasteiger partial charge is 0.224 e. The van der Waals surface area contributed by atoms with Crippen LogP contribution in [0.5, 0.6) is 0 Å². The Labute approximate surface area is 253 Å². The molecule has 1 amide bonds. The largest absolute Gasteiger partial charge is 0.389 e. The topological polar surface area (TPSA) is 106 Å². The molecular formula is C27H50Cl3N7O2. The quantitative estimate of drug-likeness (QED) is 0.336. The molecule has 4 heterocycles. The summed E-state index contributed by atoms with van der Waals surface area (Å²) >= 11 is 0. The maximum atomic E-state index is 12.7. The van der Waals surface area contributed by atoms with Crippen LogP contribution in [0.3, 0.4) is 0 Å². The molecule has 3 aliphatic heterocycles. The normalized spacial score (nSPS) is 22.9. The number of anilines is 2. The van der Waals surface area contributed by atoms with E-state index in [1.54, 1.807) is 0 Å². The first-order chi connectivity index (χ1) is 17.4. The second-order valence-electron chi connectivity index (χ2n) is 11.5. The van der Waals surface area contributed by atoms with E-state index in [1.165, 1.54) is 25.7 Å². The van der Waals surface area contributed by atoms with Crippen LogP contribution in [-0.2, 0) is 4.79 Å². The number of aromatic nitrogens is 2. The second kappa shape index (κ2) is 17.7. The number of carbonyl (C=O) groups is 1. The Balaban J connectivity index is 0.00000253. The van der Waals surface area contributed by atoms with Crippen molar-refractivity contribution in [2.75, 3.05) is 56.0 Å². The van der Waals surface area contributed by atoms with Crippen LogP contribution in [-0.4, -0.2) is 89.4 Å². The standard InChI is InChI=1S/C27H47N7O2.3ClH/c1-27(2,36)20-34-19-7-8-22(23(34)11-15-29-25(35)21-9-13-28-14-10-21)31-26-30-16-12-24(32-26)33-17-5-3-4-6-18-33;;;/h12,16,21-23,28,36H,3-11,13-15,17-20H2,1-2H3,(H,29,35)(H,30,31,32);3*1H. The molecule has 3 aliphatic rings. The average molecular weight is 611 g/mol. The first-order valence-electron chi connectivity index (χ1n) is 14.2. The third kappa shape index (κ3) is 11.4. The van der Waals surface area contributed by atoms with E-state index in [9.17, 15) is 9.90 Å². The van der Waals surface area contributed by atoms with Gasteiger partial charge in [0.15, 0.2) is 0 Å². The highest BCUT2D eigenvalue weighted by atomic mass is 35.5. The molecule has 39 heavy (non-hydrogen) atoms. The molecule has 0 radical (unpaired) electrons. The van der Waals surface area contributed by atoms with Gasteiger partial charge in [0.25, 0.3) is 0 Å². The molecule has 9 nitrogen and oxygen atoms in total. The van der Waals surface area contributed by atoms with Crippen molar-refractivity contribution in [1.29, 1.82) is 0 Å². The molecule has 226 valence electrons. The molecule has 1 aromatic heterocycles. The molecule has 4 N–H and O–H groups in total. The van der Waals surface area contributed by atoms with E-state index in [0.717, 1.165) is 70.6 Å². The minimum atomic E-state index is -0.776. The lowest BCUT2D eigenvalue weighted by atomic mass is 9.91. The van der Waals surface area contributed by atoms with Crippen LogP contribution in [0.25, 0.3) is 0 Å². The number of halogens is 3. The zero-order valence-corrected chi connectivity index (χ0v) is 26.0. The number of hydrogen-bond donors (Lipinski definition) is 4. The van der Waals surface area contributed by atoms with E-state index in [1.807, 2.05) is 26.1 Å². The minimum absolute atomic E-state index is 0. The summed E-state index contributed by atoms with van der Waals surface area (Å²) < 4.78 is 0. The zero-order chi connectivity index (χ0) is 25.4. The average Bonchev–Trinajstić information content (AvgIpc) is 3.15. The van der Waals surface area contributed by atoms with Gasteiger partial charge in [0.2, 0.25) is 11.9 Å². The minimum Gasteiger partial charge on any atom is -0.389 e. The summed E-state index contributed by atoms with van der Waals surface area (Å²) in [5, 5.41) is 20.8. The number of amides is 1. The Morgan fingerprint density at radius 2 is 1.74 bits per heavy atom. The van der Waals surface area contributed by atoms with Crippen LogP contribution in [0.4, 0.5) is 11.8 Å². The van der Waals surface area contributed by atoms with Crippen molar-refractivity contribution in [3.8, 4) is 0 Å². The number of aliphatic hydroxyl groups is 1. The number of rotatable bonds is 9. The predicted octanol–water partition coefficient (Wildman–Crippen LogP) is 3.64. The lowest BCUT2D eigenvalue weighted by Gasteiger charge is -2.44. The summed E-state index contributed by atoms with van der Waals surface area (Å²) in [6, 6.07) is 2.37. The van der Waals surface area contributed by atoms with Gasteiger partial charge in [-0.3, -0.25) is 9.69 Å². The van der Waals surface area contributed by atoms with Crippen LogP contribution in [0, 0.1) is 5.92 Å². The monoisotopic (exact) mass is 609 g/mol. The van der Waals surface area contributed by atoms with Gasteiger partial charge < -0.3 is 26.0 Å². The van der Waals surface area contributed by atoms with Crippen molar-refractivity contribution in [1.82, 2.24) is 25.5 Å². The molecule has 12 heteroatoms. The number of nitrogens with zero attached hydrogens (tertiary/aromatic N) is 4. The Morgan fingerprint density at radius 1 is 1.05 bits per heavy atom. The Kier molecular flexibility index (Phi) is 16.3. The predicted molar refractivity (Wildman–Crippen MR) is 166 cm³/mol. The highest BCUT2D eigenvalue weighted by Crippen LogP contribution is 2.26. The van der Waals surface area contributed by atoms with Gasteiger partial charge in [-0.2, -0.15) is 4.98 Å². The van der Waals surface area contributed by atoms with Crippen LogP contribution in [0.1, 0.15) is 71.6 Å². The summed E-state index contributed by atoms with van der Waals surface area (Å²) in [5.74, 6) is 1.98. The van der Waals surface area contributed by atoms with E-state index >= 15 is 0 Å². The summed E-state index contributed by atoms with van der Waals surface area (Å²) in [7, 11) is 0. The summed E-state index contributed by atoms with van der Waals surface area (Å²) in [4.78, 5) is 26.9. The van der Waals surface area contributed by atoms with Crippen LogP contribution in [0.15, 0.2) is 12.3 Å². The fourth-order valence-electron chi connectivity index (χ4n) is 6.00. The summed E-state index contributed by atoms with van der Waals surface area (Å²) in [6.45, 7) is 9.88. The molecule has 4 rings (SSSR count). The maximum absolute atomic E-state index is 12.7. The zero-order valence-electron chi connectivity index (χ0n) is 23.6. The summed E-state index contributed by atoms with van der Waals surface area (Å²) in [6.07, 6.45) is 11.6. The Hall–Kier alpha value is -1.10. The maximum Gasteiger partial charge on any atom is 0.224 e. The fourth-order valence-corrected chi connectivity index (χ4v) is 6.00. The number of carbonyl (C=O) groups excluding carboxylic acids is 1. The van der Waals surface area contributed by atoms with E-state index < -0.39 is 5.60 Å². The van der Waals surface area contributed by atoms with Gasteiger partial charge in [0.1, 0.15) is 5.82 Å². The van der Waals surface area contributed by atoms with Crippen LogP contribution < -0.4 is 20.9 Å². The van der Waals surface area contributed by atoms with Gasteiger partial charge in [0.05, 0.1) is 5.60 Å². The molecule has 2 unspecified atom stereocenters. The van der Waals surface area contributed by atoms with Crippen molar-refractivity contribution in [2.45, 2.75) is 89.3 Å². The first kappa shape index (κ1) is 35.9. The number of piperidine rings is 2. The van der Waals surface area contributed by atoms with Gasteiger partial charge in [-0.05, 0) is 84.5 Å². The third-order valence-corrected chi connectivity index (χ3v) is 7.82. The van der Waals surface area contributed by atoms with Crippen LogP contribution >= 0.6 is 37.2 Å². The van der Waals surface area contributed by atoms with Gasteiger partial charge in [-0.25, -0.2) is 4.98 Å². The number of hydrogen-bond acceptors (Lipinski definition) is 8. The molecule has 2 atom stereocenters. The van der Waals surface area contributed by atoms with E-state index in [-0.39, 0.29) is 61.1 Å². The fraction of sp³-hybridized carbons (Fsp3) is 0.815. The SMILES string of the molecule is CC(C)(O)CN1CCCC(Nc2nccc(N3CCCCCC3)n2)C1CCNC(=O)C1CCNCC1.Cl.Cl.Cl. The van der Waals surface area contributed by atoms with E-state index in [2.05, 4.69) is 30.7 Å². The molecule has 0 aromatic carbocycles. The van der Waals surface area contributed by atoms with Crippen molar-refractivity contribution >= 4 is 54.9 Å². The lowest BCUT2D eigenvalue weighted by molar-refractivity contribution is -0.125. The van der Waals surface area contributed by atoms with Crippen molar-refractivity contribution in [2.24, 2.45) is 5.92 Å². The molecule has 3 fully saturated rings. The van der Waals surface area contributed by atoms with Gasteiger partial charge in [-0.15, -0.1) is 37.2 Å². The molecule has 0 saturated carbocycles. The number of likely N-dealkylation sites (tertiary alicyclic amines) is 1. The van der Waals surface area contributed by atoms with Crippen molar-refractivity contribution in [3.05, 3.63) is 12.3 Å².